The quantitative estimate of drug-likeness (QED) is 0.782. The number of nitrogens with one attached hydrogen (secondary N) is 1. The molecule has 0 aliphatic carbocycles. The molecular weight excluding hydrogens is 252 g/mol. The minimum absolute atomic E-state index is 0.0318. The Morgan fingerprint density at radius 2 is 2.00 bits per heavy atom. The van der Waals surface area contributed by atoms with Crippen LogP contribution in [0.15, 0.2) is 45.6 Å². The van der Waals surface area contributed by atoms with Crippen LogP contribution in [-0.2, 0) is 6.54 Å². The maximum atomic E-state index is 5.82. The van der Waals surface area contributed by atoms with Gasteiger partial charge in [0.1, 0.15) is 11.3 Å². The van der Waals surface area contributed by atoms with Crippen LogP contribution in [0.2, 0.25) is 0 Å². The van der Waals surface area contributed by atoms with Crippen molar-refractivity contribution in [3.05, 3.63) is 42.4 Å². The third kappa shape index (κ3) is 2.60. The van der Waals surface area contributed by atoms with Crippen molar-refractivity contribution in [3.63, 3.8) is 0 Å². The number of fused-ring (bicyclic) bond motifs is 1. The summed E-state index contributed by atoms with van der Waals surface area (Å²) in [5.74, 6) is 1.41. The molecule has 0 saturated carbocycles. The molecule has 2 heterocycles. The van der Waals surface area contributed by atoms with Crippen LogP contribution in [-0.4, -0.2) is 10.5 Å². The Hall–Kier alpha value is -2.07. The van der Waals surface area contributed by atoms with Crippen molar-refractivity contribution in [2.24, 2.45) is 0 Å². The fraction of sp³-hybridized carbons (Fsp3) is 0.312. The summed E-state index contributed by atoms with van der Waals surface area (Å²) < 4.78 is 11.3. The molecule has 2 aromatic heterocycles. The molecule has 0 bridgehead atoms. The zero-order valence-electron chi connectivity index (χ0n) is 11.9. The first-order chi connectivity index (χ1) is 9.53. The fourth-order valence-electron chi connectivity index (χ4n) is 2.04. The number of benzene rings is 1. The minimum atomic E-state index is 0.0318. The maximum absolute atomic E-state index is 5.82. The SMILES string of the molecule is CC(C)(C)NCc1ncoc1-c1cc2ccccc2o1. The number of hydrogen-bond donors (Lipinski definition) is 1. The summed E-state index contributed by atoms with van der Waals surface area (Å²) in [5, 5.41) is 4.47. The van der Waals surface area contributed by atoms with Gasteiger partial charge in [-0.1, -0.05) is 18.2 Å². The van der Waals surface area contributed by atoms with Gasteiger partial charge in [0, 0.05) is 17.5 Å². The molecule has 3 rings (SSSR count). The smallest absolute Gasteiger partial charge is 0.194 e. The Morgan fingerprint density at radius 1 is 1.20 bits per heavy atom. The van der Waals surface area contributed by atoms with E-state index in [9.17, 15) is 0 Å². The predicted molar refractivity (Wildman–Crippen MR) is 78.3 cm³/mol. The summed E-state index contributed by atoms with van der Waals surface area (Å²) >= 11 is 0. The average molecular weight is 270 g/mol. The van der Waals surface area contributed by atoms with Gasteiger partial charge in [0.15, 0.2) is 17.9 Å². The van der Waals surface area contributed by atoms with Gasteiger partial charge in [-0.2, -0.15) is 0 Å². The zero-order valence-corrected chi connectivity index (χ0v) is 11.9. The first-order valence-electron chi connectivity index (χ1n) is 6.69. The number of hydrogen-bond acceptors (Lipinski definition) is 4. The number of para-hydroxylation sites is 1. The molecule has 0 saturated heterocycles. The highest BCUT2D eigenvalue weighted by atomic mass is 16.4. The Bertz CT molecular complexity index is 686. The first kappa shape index (κ1) is 12.9. The van der Waals surface area contributed by atoms with Crippen LogP contribution < -0.4 is 5.32 Å². The molecule has 0 fully saturated rings. The summed E-state index contributed by atoms with van der Waals surface area (Å²) in [7, 11) is 0. The molecule has 104 valence electrons. The van der Waals surface area contributed by atoms with E-state index in [2.05, 4.69) is 31.1 Å². The van der Waals surface area contributed by atoms with Crippen LogP contribution in [0.4, 0.5) is 0 Å². The highest BCUT2D eigenvalue weighted by Gasteiger charge is 2.17. The molecular formula is C16H18N2O2. The monoisotopic (exact) mass is 270 g/mol. The van der Waals surface area contributed by atoms with Crippen molar-refractivity contribution in [2.75, 3.05) is 0 Å². The van der Waals surface area contributed by atoms with Crippen LogP contribution >= 0.6 is 0 Å². The normalized spacial score (nSPS) is 12.2. The standard InChI is InChI=1S/C16H18N2O2/c1-16(2,3)18-9-12-15(19-10-17-12)14-8-11-6-4-5-7-13(11)20-14/h4-8,10,18H,9H2,1-3H3. The lowest BCUT2D eigenvalue weighted by molar-refractivity contribution is 0.421. The topological polar surface area (TPSA) is 51.2 Å². The van der Waals surface area contributed by atoms with Gasteiger partial charge in [-0.15, -0.1) is 0 Å². The molecule has 20 heavy (non-hydrogen) atoms. The van der Waals surface area contributed by atoms with Gasteiger partial charge in [-0.05, 0) is 32.9 Å². The summed E-state index contributed by atoms with van der Waals surface area (Å²) in [5.41, 5.74) is 1.75. The van der Waals surface area contributed by atoms with Crippen molar-refractivity contribution < 1.29 is 8.83 Å². The van der Waals surface area contributed by atoms with E-state index in [0.717, 1.165) is 22.4 Å². The second-order valence-corrected chi connectivity index (χ2v) is 5.88. The van der Waals surface area contributed by atoms with Gasteiger partial charge >= 0.3 is 0 Å². The van der Waals surface area contributed by atoms with Crippen molar-refractivity contribution >= 4 is 11.0 Å². The van der Waals surface area contributed by atoms with Crippen molar-refractivity contribution in [2.45, 2.75) is 32.9 Å². The van der Waals surface area contributed by atoms with Crippen LogP contribution in [0, 0.1) is 0 Å². The Kier molecular flexibility index (Phi) is 3.10. The number of furan rings is 1. The molecule has 0 aliphatic rings. The van der Waals surface area contributed by atoms with Crippen molar-refractivity contribution in [1.29, 1.82) is 0 Å². The molecule has 0 aliphatic heterocycles. The van der Waals surface area contributed by atoms with E-state index < -0.39 is 0 Å². The number of aromatic nitrogens is 1. The molecule has 0 amide bonds. The average Bonchev–Trinajstić information content (AvgIpc) is 3.01. The molecule has 4 heteroatoms. The molecule has 0 unspecified atom stereocenters. The maximum Gasteiger partial charge on any atom is 0.194 e. The summed E-state index contributed by atoms with van der Waals surface area (Å²) in [6.07, 6.45) is 1.46. The number of nitrogens with zero attached hydrogens (tertiary/aromatic N) is 1. The van der Waals surface area contributed by atoms with Gasteiger partial charge in [-0.3, -0.25) is 0 Å². The second-order valence-electron chi connectivity index (χ2n) is 5.88. The zero-order chi connectivity index (χ0) is 14.2. The Morgan fingerprint density at radius 3 is 2.75 bits per heavy atom. The van der Waals surface area contributed by atoms with E-state index in [0.29, 0.717) is 12.3 Å². The van der Waals surface area contributed by atoms with E-state index in [1.165, 1.54) is 6.39 Å². The minimum Gasteiger partial charge on any atom is -0.453 e. The lowest BCUT2D eigenvalue weighted by atomic mass is 10.1. The highest BCUT2D eigenvalue weighted by Crippen LogP contribution is 2.29. The molecule has 0 radical (unpaired) electrons. The summed E-state index contributed by atoms with van der Waals surface area (Å²) in [6.45, 7) is 7.00. The molecule has 0 spiro atoms. The van der Waals surface area contributed by atoms with Gasteiger partial charge in [0.05, 0.1) is 0 Å². The van der Waals surface area contributed by atoms with Gasteiger partial charge in [0.2, 0.25) is 0 Å². The first-order valence-corrected chi connectivity index (χ1v) is 6.69. The second kappa shape index (κ2) is 4.80. The number of rotatable bonds is 3. The lowest BCUT2D eigenvalue weighted by Gasteiger charge is -2.19. The van der Waals surface area contributed by atoms with E-state index >= 15 is 0 Å². The summed E-state index contributed by atoms with van der Waals surface area (Å²) in [4.78, 5) is 4.28. The summed E-state index contributed by atoms with van der Waals surface area (Å²) in [6, 6.07) is 9.90. The van der Waals surface area contributed by atoms with Gasteiger partial charge in [-0.25, -0.2) is 4.98 Å². The molecule has 1 N–H and O–H groups in total. The third-order valence-corrected chi connectivity index (χ3v) is 3.08. The fourth-order valence-corrected chi connectivity index (χ4v) is 2.04. The van der Waals surface area contributed by atoms with Crippen molar-refractivity contribution in [1.82, 2.24) is 10.3 Å². The molecule has 1 aromatic carbocycles. The highest BCUT2D eigenvalue weighted by molar-refractivity contribution is 5.82. The molecule has 4 nitrogen and oxygen atoms in total. The third-order valence-electron chi connectivity index (χ3n) is 3.08. The van der Waals surface area contributed by atoms with Crippen molar-refractivity contribution in [3.8, 4) is 11.5 Å². The Balaban J connectivity index is 1.92. The number of oxazole rings is 1. The van der Waals surface area contributed by atoms with Gasteiger partial charge in [0.25, 0.3) is 0 Å². The van der Waals surface area contributed by atoms with Crippen LogP contribution in [0.25, 0.3) is 22.5 Å². The largest absolute Gasteiger partial charge is 0.453 e. The Labute approximate surface area is 117 Å². The molecule has 3 aromatic rings. The van der Waals surface area contributed by atoms with Gasteiger partial charge < -0.3 is 14.2 Å². The van der Waals surface area contributed by atoms with Crippen LogP contribution in [0.1, 0.15) is 26.5 Å². The molecule has 0 atom stereocenters. The van der Waals surface area contributed by atoms with E-state index in [1.807, 2.05) is 30.3 Å². The van der Waals surface area contributed by atoms with E-state index in [4.69, 9.17) is 8.83 Å². The van der Waals surface area contributed by atoms with Crippen LogP contribution in [0.3, 0.4) is 0 Å². The van der Waals surface area contributed by atoms with E-state index in [1.54, 1.807) is 0 Å². The predicted octanol–water partition coefficient (Wildman–Crippen LogP) is 3.98. The lowest BCUT2D eigenvalue weighted by Crippen LogP contribution is -2.35. The van der Waals surface area contributed by atoms with E-state index in [-0.39, 0.29) is 5.54 Å². The van der Waals surface area contributed by atoms with Crippen LogP contribution in [0.5, 0.6) is 0 Å².